The van der Waals surface area contributed by atoms with E-state index in [0.717, 1.165) is 11.1 Å². The van der Waals surface area contributed by atoms with Crippen LogP contribution in [-0.4, -0.2) is 34.9 Å². The van der Waals surface area contributed by atoms with Crippen LogP contribution in [0.3, 0.4) is 0 Å². The molecule has 2 heterocycles. The van der Waals surface area contributed by atoms with Crippen molar-refractivity contribution < 1.29 is 4.79 Å². The fourth-order valence-electron chi connectivity index (χ4n) is 1.79. The van der Waals surface area contributed by atoms with Gasteiger partial charge in [-0.25, -0.2) is 4.98 Å². The van der Waals surface area contributed by atoms with Gasteiger partial charge in [-0.2, -0.15) is 0 Å². The molecular formula is C11H16N4O. The number of carbonyl (C=O) groups is 1. The van der Waals surface area contributed by atoms with Crippen molar-refractivity contribution >= 4 is 11.7 Å². The number of nitrogen functional groups attached to an aromatic ring is 1. The molecule has 1 saturated heterocycles. The van der Waals surface area contributed by atoms with Gasteiger partial charge in [-0.05, 0) is 25.0 Å². The highest BCUT2D eigenvalue weighted by Crippen LogP contribution is 2.20. The Hall–Kier alpha value is -1.62. The molecule has 1 aliphatic heterocycles. The van der Waals surface area contributed by atoms with Gasteiger partial charge in [0.25, 0.3) is 5.91 Å². The predicted molar refractivity (Wildman–Crippen MR) is 62.0 cm³/mol. The van der Waals surface area contributed by atoms with Gasteiger partial charge in [0.2, 0.25) is 0 Å². The second-order valence-electron chi connectivity index (χ2n) is 4.28. The molecule has 1 aromatic heterocycles. The summed E-state index contributed by atoms with van der Waals surface area (Å²) in [6.45, 7) is 5.01. The summed E-state index contributed by atoms with van der Waals surface area (Å²) in [7, 11) is 0. The molecule has 16 heavy (non-hydrogen) atoms. The lowest BCUT2D eigenvalue weighted by molar-refractivity contribution is 0.0607. The van der Waals surface area contributed by atoms with Gasteiger partial charge in [-0.3, -0.25) is 4.79 Å². The molecule has 0 saturated carbocycles. The molecule has 0 spiro atoms. The molecule has 0 radical (unpaired) electrons. The Morgan fingerprint density at radius 2 is 2.06 bits per heavy atom. The van der Waals surface area contributed by atoms with Crippen LogP contribution < -0.4 is 11.5 Å². The zero-order valence-corrected chi connectivity index (χ0v) is 9.53. The number of nitrogens with two attached hydrogens (primary N) is 2. The summed E-state index contributed by atoms with van der Waals surface area (Å²) in [5.74, 6) is 0.476. The summed E-state index contributed by atoms with van der Waals surface area (Å²) in [6, 6.07) is 0.118. The third kappa shape index (κ3) is 1.63. The smallest absolute Gasteiger partial charge is 0.255 e. The molecule has 5 nitrogen and oxygen atoms in total. The van der Waals surface area contributed by atoms with E-state index in [1.54, 1.807) is 11.1 Å². The monoisotopic (exact) mass is 220 g/mol. The highest BCUT2D eigenvalue weighted by molar-refractivity contribution is 5.96. The first-order valence-corrected chi connectivity index (χ1v) is 5.27. The van der Waals surface area contributed by atoms with Crippen LogP contribution >= 0.6 is 0 Å². The van der Waals surface area contributed by atoms with E-state index in [0.29, 0.717) is 24.5 Å². The molecule has 4 N–H and O–H groups in total. The van der Waals surface area contributed by atoms with Crippen molar-refractivity contribution in [1.29, 1.82) is 0 Å². The fourth-order valence-corrected chi connectivity index (χ4v) is 1.79. The zero-order chi connectivity index (χ0) is 11.9. The third-order valence-electron chi connectivity index (χ3n) is 3.11. The van der Waals surface area contributed by atoms with Crippen LogP contribution in [0.5, 0.6) is 0 Å². The first-order chi connectivity index (χ1) is 7.50. The second kappa shape index (κ2) is 3.75. The number of amides is 1. The van der Waals surface area contributed by atoms with Crippen LogP contribution in [0.2, 0.25) is 0 Å². The Bertz CT molecular complexity index is 438. The van der Waals surface area contributed by atoms with E-state index in [2.05, 4.69) is 4.98 Å². The molecule has 0 atom stereocenters. The summed E-state index contributed by atoms with van der Waals surface area (Å²) in [4.78, 5) is 17.8. The Labute approximate surface area is 94.4 Å². The molecule has 1 amide bonds. The van der Waals surface area contributed by atoms with Crippen LogP contribution in [0, 0.1) is 13.8 Å². The second-order valence-corrected chi connectivity index (χ2v) is 4.28. The Morgan fingerprint density at radius 3 is 2.62 bits per heavy atom. The average Bonchev–Trinajstić information content (AvgIpc) is 2.21. The summed E-state index contributed by atoms with van der Waals surface area (Å²) in [6.07, 6.45) is 1.55. The van der Waals surface area contributed by atoms with E-state index < -0.39 is 0 Å². The zero-order valence-electron chi connectivity index (χ0n) is 9.53. The van der Waals surface area contributed by atoms with Gasteiger partial charge in [0.15, 0.2) is 0 Å². The van der Waals surface area contributed by atoms with E-state index in [4.69, 9.17) is 11.5 Å². The molecule has 1 fully saturated rings. The van der Waals surface area contributed by atoms with Crippen molar-refractivity contribution in [3.63, 3.8) is 0 Å². The number of likely N-dealkylation sites (tertiary alicyclic amines) is 1. The maximum Gasteiger partial charge on any atom is 0.255 e. The molecule has 0 unspecified atom stereocenters. The van der Waals surface area contributed by atoms with Crippen molar-refractivity contribution in [2.24, 2.45) is 5.73 Å². The lowest BCUT2D eigenvalue weighted by Crippen LogP contribution is -2.57. The maximum atomic E-state index is 12.0. The van der Waals surface area contributed by atoms with E-state index in [-0.39, 0.29) is 11.9 Å². The molecule has 0 bridgehead atoms. The summed E-state index contributed by atoms with van der Waals surface area (Å²) >= 11 is 0. The summed E-state index contributed by atoms with van der Waals surface area (Å²) in [5, 5.41) is 0. The topological polar surface area (TPSA) is 85.2 Å². The van der Waals surface area contributed by atoms with Crippen molar-refractivity contribution in [1.82, 2.24) is 9.88 Å². The summed E-state index contributed by atoms with van der Waals surface area (Å²) in [5.41, 5.74) is 13.7. The van der Waals surface area contributed by atoms with Crippen LogP contribution in [0.15, 0.2) is 6.20 Å². The molecule has 5 heteroatoms. The average molecular weight is 220 g/mol. The number of hydrogen-bond acceptors (Lipinski definition) is 4. The molecule has 1 aliphatic rings. The number of nitrogens with zero attached hydrogens (tertiary/aromatic N) is 2. The van der Waals surface area contributed by atoms with Gasteiger partial charge in [0.05, 0.1) is 5.56 Å². The number of anilines is 1. The van der Waals surface area contributed by atoms with Crippen LogP contribution in [0.25, 0.3) is 0 Å². The number of aromatic nitrogens is 1. The third-order valence-corrected chi connectivity index (χ3v) is 3.11. The van der Waals surface area contributed by atoms with Gasteiger partial charge in [0, 0.05) is 25.3 Å². The first kappa shape index (κ1) is 10.9. The Kier molecular flexibility index (Phi) is 2.55. The standard InChI is InChI=1S/C11H16N4O/c1-6-7(2)10(13)14-3-9(6)11(16)15-4-8(12)5-15/h3,8H,4-5,12H2,1-2H3,(H2,13,14). The van der Waals surface area contributed by atoms with Gasteiger partial charge in [-0.1, -0.05) is 0 Å². The highest BCUT2D eigenvalue weighted by atomic mass is 16.2. The van der Waals surface area contributed by atoms with E-state index in [1.807, 2.05) is 13.8 Å². The lowest BCUT2D eigenvalue weighted by atomic mass is 10.0. The fraction of sp³-hybridized carbons (Fsp3) is 0.455. The van der Waals surface area contributed by atoms with Crippen molar-refractivity contribution in [2.45, 2.75) is 19.9 Å². The highest BCUT2D eigenvalue weighted by Gasteiger charge is 2.29. The van der Waals surface area contributed by atoms with Gasteiger partial charge in [0.1, 0.15) is 5.82 Å². The van der Waals surface area contributed by atoms with Crippen LogP contribution in [0.4, 0.5) is 5.82 Å². The number of rotatable bonds is 1. The number of pyridine rings is 1. The quantitative estimate of drug-likeness (QED) is 0.701. The lowest BCUT2D eigenvalue weighted by Gasteiger charge is -2.37. The van der Waals surface area contributed by atoms with Crippen LogP contribution in [-0.2, 0) is 0 Å². The molecule has 1 aromatic rings. The van der Waals surface area contributed by atoms with Crippen molar-refractivity contribution in [3.8, 4) is 0 Å². The minimum Gasteiger partial charge on any atom is -0.383 e. The normalized spacial score (nSPS) is 16.1. The van der Waals surface area contributed by atoms with E-state index in [9.17, 15) is 4.79 Å². The molecule has 2 rings (SSSR count). The Morgan fingerprint density at radius 1 is 1.44 bits per heavy atom. The molecule has 86 valence electrons. The Balaban J connectivity index is 2.27. The SMILES string of the molecule is Cc1c(C(=O)N2CC(N)C2)cnc(N)c1C. The summed E-state index contributed by atoms with van der Waals surface area (Å²) < 4.78 is 0. The predicted octanol–water partition coefficient (Wildman–Crippen LogP) is 0.0637. The molecular weight excluding hydrogens is 204 g/mol. The van der Waals surface area contributed by atoms with Crippen LogP contribution in [0.1, 0.15) is 21.5 Å². The maximum absolute atomic E-state index is 12.0. The van der Waals surface area contributed by atoms with E-state index in [1.165, 1.54) is 0 Å². The molecule has 0 aliphatic carbocycles. The largest absolute Gasteiger partial charge is 0.383 e. The minimum absolute atomic E-state index is 0.00481. The van der Waals surface area contributed by atoms with Gasteiger partial charge in [-0.15, -0.1) is 0 Å². The van der Waals surface area contributed by atoms with Crippen molar-refractivity contribution in [2.75, 3.05) is 18.8 Å². The van der Waals surface area contributed by atoms with Gasteiger partial charge < -0.3 is 16.4 Å². The molecule has 0 aromatic carbocycles. The number of hydrogen-bond donors (Lipinski definition) is 2. The van der Waals surface area contributed by atoms with Gasteiger partial charge >= 0.3 is 0 Å². The van der Waals surface area contributed by atoms with Crippen molar-refractivity contribution in [3.05, 3.63) is 22.9 Å². The first-order valence-electron chi connectivity index (χ1n) is 5.27. The minimum atomic E-state index is -0.00481. The van der Waals surface area contributed by atoms with E-state index >= 15 is 0 Å². The number of carbonyl (C=O) groups excluding carboxylic acids is 1.